The maximum Gasteiger partial charge on any atom is 0.290 e. The van der Waals surface area contributed by atoms with E-state index in [0.29, 0.717) is 6.54 Å². The van der Waals surface area contributed by atoms with Crippen molar-refractivity contribution in [3.8, 4) is 12.3 Å². The Morgan fingerprint density at radius 1 is 1.67 bits per heavy atom. The fourth-order valence-corrected chi connectivity index (χ4v) is 1.14. The van der Waals surface area contributed by atoms with Gasteiger partial charge in [0.2, 0.25) is 5.76 Å². The van der Waals surface area contributed by atoms with E-state index in [2.05, 4.69) is 16.4 Å². The quantitative estimate of drug-likeness (QED) is 0.587. The Kier molecular flexibility index (Phi) is 4.42. The summed E-state index contributed by atoms with van der Waals surface area (Å²) in [6.45, 7) is 2.39. The molecule has 0 fully saturated rings. The Bertz CT molecular complexity index is 363. The molecule has 0 radical (unpaired) electrons. The summed E-state index contributed by atoms with van der Waals surface area (Å²) in [6, 6.07) is 0. The summed E-state index contributed by atoms with van der Waals surface area (Å²) in [4.78, 5) is 11.5. The molecular formula is C11H14N2O2. The number of carbonyl (C=O) groups excluding carboxylic acids is 1. The van der Waals surface area contributed by atoms with E-state index in [1.54, 1.807) is 6.92 Å². The zero-order valence-corrected chi connectivity index (χ0v) is 8.75. The zero-order valence-electron chi connectivity index (χ0n) is 8.75. The van der Waals surface area contributed by atoms with Crippen molar-refractivity contribution in [2.45, 2.75) is 26.2 Å². The molecule has 0 aliphatic rings. The van der Waals surface area contributed by atoms with Gasteiger partial charge >= 0.3 is 0 Å². The molecule has 0 bridgehead atoms. The average molecular weight is 206 g/mol. The van der Waals surface area contributed by atoms with Crippen LogP contribution in [0.2, 0.25) is 0 Å². The molecule has 15 heavy (non-hydrogen) atoms. The molecule has 1 heterocycles. The summed E-state index contributed by atoms with van der Waals surface area (Å²) >= 11 is 0. The Morgan fingerprint density at radius 2 is 2.47 bits per heavy atom. The van der Waals surface area contributed by atoms with Gasteiger partial charge in [0, 0.05) is 18.5 Å². The lowest BCUT2D eigenvalue weighted by molar-refractivity contribution is 0.0915. The van der Waals surface area contributed by atoms with Crippen molar-refractivity contribution in [3.63, 3.8) is 0 Å². The molecule has 0 atom stereocenters. The maximum absolute atomic E-state index is 11.5. The van der Waals surface area contributed by atoms with E-state index >= 15 is 0 Å². The minimum atomic E-state index is -0.217. The van der Waals surface area contributed by atoms with E-state index in [1.807, 2.05) is 0 Å². The molecule has 1 amide bonds. The van der Waals surface area contributed by atoms with E-state index in [1.165, 1.54) is 6.20 Å². The Morgan fingerprint density at radius 3 is 3.07 bits per heavy atom. The van der Waals surface area contributed by atoms with E-state index in [0.717, 1.165) is 24.8 Å². The van der Waals surface area contributed by atoms with Gasteiger partial charge in [-0.25, -0.2) is 0 Å². The van der Waals surface area contributed by atoms with Gasteiger partial charge in [0.05, 0.1) is 6.20 Å². The van der Waals surface area contributed by atoms with E-state index < -0.39 is 0 Å². The van der Waals surface area contributed by atoms with Crippen molar-refractivity contribution in [2.24, 2.45) is 0 Å². The summed E-state index contributed by atoms with van der Waals surface area (Å²) in [5.74, 6) is 2.62. The second kappa shape index (κ2) is 5.86. The topological polar surface area (TPSA) is 55.1 Å². The first-order valence-electron chi connectivity index (χ1n) is 4.88. The molecule has 80 valence electrons. The van der Waals surface area contributed by atoms with Gasteiger partial charge in [-0.15, -0.1) is 12.3 Å². The van der Waals surface area contributed by atoms with Gasteiger partial charge in [0.25, 0.3) is 5.91 Å². The molecule has 1 rings (SSSR count). The van der Waals surface area contributed by atoms with E-state index in [9.17, 15) is 4.79 Å². The van der Waals surface area contributed by atoms with Crippen LogP contribution < -0.4 is 5.32 Å². The number of rotatable bonds is 5. The number of nitrogens with zero attached hydrogens (tertiary/aromatic N) is 1. The highest BCUT2D eigenvalue weighted by Gasteiger charge is 2.12. The smallest absolute Gasteiger partial charge is 0.290 e. The fourth-order valence-electron chi connectivity index (χ4n) is 1.14. The average Bonchev–Trinajstić information content (AvgIpc) is 2.64. The summed E-state index contributed by atoms with van der Waals surface area (Å²) < 4.78 is 4.81. The van der Waals surface area contributed by atoms with Gasteiger partial charge in [-0.1, -0.05) is 5.16 Å². The summed E-state index contributed by atoms with van der Waals surface area (Å²) in [7, 11) is 0. The number of hydrogen-bond acceptors (Lipinski definition) is 3. The normalized spacial score (nSPS) is 9.60. The molecule has 1 N–H and O–H groups in total. The standard InChI is InChI=1S/C11H14N2O2/c1-3-4-5-6-7-12-11(14)10-9(2)8-13-15-10/h1,8H,4-7H2,2H3,(H,12,14). The van der Waals surface area contributed by atoms with Gasteiger partial charge < -0.3 is 9.84 Å². The first kappa shape index (κ1) is 11.3. The minimum Gasteiger partial charge on any atom is -0.351 e. The van der Waals surface area contributed by atoms with Crippen LogP contribution in [0.5, 0.6) is 0 Å². The highest BCUT2D eigenvalue weighted by Crippen LogP contribution is 2.05. The third-order valence-electron chi connectivity index (χ3n) is 1.99. The predicted molar refractivity (Wildman–Crippen MR) is 56.3 cm³/mol. The Labute approximate surface area is 89.0 Å². The number of carbonyl (C=O) groups is 1. The van der Waals surface area contributed by atoms with Crippen LogP contribution in [0.15, 0.2) is 10.7 Å². The van der Waals surface area contributed by atoms with Crippen LogP contribution in [0, 0.1) is 19.3 Å². The predicted octanol–water partition coefficient (Wildman–Crippen LogP) is 1.52. The lowest BCUT2D eigenvalue weighted by Crippen LogP contribution is -2.24. The van der Waals surface area contributed by atoms with Gasteiger partial charge in [-0.05, 0) is 19.8 Å². The summed E-state index contributed by atoms with van der Waals surface area (Å²) in [5.41, 5.74) is 0.746. The number of amides is 1. The third-order valence-corrected chi connectivity index (χ3v) is 1.99. The van der Waals surface area contributed by atoms with Crippen LogP contribution in [0.3, 0.4) is 0 Å². The molecule has 0 aliphatic heterocycles. The molecule has 0 saturated heterocycles. The van der Waals surface area contributed by atoms with Crippen molar-refractivity contribution in [1.82, 2.24) is 10.5 Å². The number of aromatic nitrogens is 1. The van der Waals surface area contributed by atoms with Crippen molar-refractivity contribution in [1.29, 1.82) is 0 Å². The zero-order chi connectivity index (χ0) is 11.1. The van der Waals surface area contributed by atoms with Crippen molar-refractivity contribution < 1.29 is 9.32 Å². The van der Waals surface area contributed by atoms with Crippen LogP contribution >= 0.6 is 0 Å². The fraction of sp³-hybridized carbons (Fsp3) is 0.455. The molecule has 1 aromatic heterocycles. The molecule has 0 spiro atoms. The molecule has 4 heteroatoms. The highest BCUT2D eigenvalue weighted by atomic mass is 16.5. The number of terminal acetylenes is 1. The van der Waals surface area contributed by atoms with Gasteiger partial charge in [-0.2, -0.15) is 0 Å². The lowest BCUT2D eigenvalue weighted by atomic mass is 10.2. The highest BCUT2D eigenvalue weighted by molar-refractivity contribution is 5.92. The monoisotopic (exact) mass is 206 g/mol. The van der Waals surface area contributed by atoms with Crippen molar-refractivity contribution in [2.75, 3.05) is 6.54 Å². The van der Waals surface area contributed by atoms with E-state index in [4.69, 9.17) is 10.9 Å². The Hall–Kier alpha value is -1.76. The third kappa shape index (κ3) is 3.47. The van der Waals surface area contributed by atoms with Crippen molar-refractivity contribution in [3.05, 3.63) is 17.5 Å². The molecular weight excluding hydrogens is 192 g/mol. The molecule has 0 aliphatic carbocycles. The van der Waals surface area contributed by atoms with Crippen LogP contribution in [0.25, 0.3) is 0 Å². The van der Waals surface area contributed by atoms with Gasteiger partial charge in [-0.3, -0.25) is 4.79 Å². The molecule has 1 aromatic rings. The van der Waals surface area contributed by atoms with Crippen LogP contribution in [0.4, 0.5) is 0 Å². The van der Waals surface area contributed by atoms with Gasteiger partial charge in [0.1, 0.15) is 0 Å². The molecule has 0 saturated carbocycles. The molecule has 0 unspecified atom stereocenters. The largest absolute Gasteiger partial charge is 0.351 e. The summed E-state index contributed by atoms with van der Waals surface area (Å²) in [5, 5.41) is 6.28. The first-order valence-corrected chi connectivity index (χ1v) is 4.88. The second-order valence-corrected chi connectivity index (χ2v) is 3.26. The minimum absolute atomic E-state index is 0.217. The number of hydrogen-bond donors (Lipinski definition) is 1. The summed E-state index contributed by atoms with van der Waals surface area (Å²) in [6.07, 6.45) is 9.18. The van der Waals surface area contributed by atoms with E-state index in [-0.39, 0.29) is 11.7 Å². The SMILES string of the molecule is C#CCCCCNC(=O)c1oncc1C. The van der Waals surface area contributed by atoms with Gasteiger partial charge in [0.15, 0.2) is 0 Å². The number of aryl methyl sites for hydroxylation is 1. The van der Waals surface area contributed by atoms with Crippen LogP contribution in [0.1, 0.15) is 35.4 Å². The number of unbranched alkanes of at least 4 members (excludes halogenated alkanes) is 2. The molecule has 4 nitrogen and oxygen atoms in total. The lowest BCUT2D eigenvalue weighted by Gasteiger charge is -2.01. The molecule has 0 aromatic carbocycles. The number of nitrogens with one attached hydrogen (secondary N) is 1. The van der Waals surface area contributed by atoms with Crippen LogP contribution in [-0.2, 0) is 0 Å². The second-order valence-electron chi connectivity index (χ2n) is 3.26. The first-order chi connectivity index (χ1) is 7.25. The Balaban J connectivity index is 2.26. The maximum atomic E-state index is 11.5. The van der Waals surface area contributed by atoms with Crippen LogP contribution in [-0.4, -0.2) is 17.6 Å². The van der Waals surface area contributed by atoms with Crippen molar-refractivity contribution >= 4 is 5.91 Å².